The van der Waals surface area contributed by atoms with Gasteiger partial charge < -0.3 is 15.7 Å². The van der Waals surface area contributed by atoms with Crippen LogP contribution < -0.4 is 10.6 Å². The van der Waals surface area contributed by atoms with Crippen molar-refractivity contribution in [2.24, 2.45) is 0 Å². The minimum Gasteiger partial charge on any atom is -0.477 e. The lowest BCUT2D eigenvalue weighted by atomic mass is 10.2. The molecule has 1 aliphatic rings. The van der Waals surface area contributed by atoms with Gasteiger partial charge in [-0.2, -0.15) is 5.10 Å². The molecule has 8 nitrogen and oxygen atoms in total. The van der Waals surface area contributed by atoms with Crippen LogP contribution in [0.1, 0.15) is 23.2 Å². The molecule has 0 saturated carbocycles. The maximum atomic E-state index is 11.7. The Morgan fingerprint density at radius 2 is 2.29 bits per heavy atom. The van der Waals surface area contributed by atoms with Gasteiger partial charge in [-0.15, -0.1) is 0 Å². The summed E-state index contributed by atoms with van der Waals surface area (Å²) in [5.74, 6) is -1.82. The lowest BCUT2D eigenvalue weighted by molar-refractivity contribution is -0.122. The number of aromatic nitrogens is 2. The molecule has 0 aromatic carbocycles. The molecule has 17 heavy (non-hydrogen) atoms. The van der Waals surface area contributed by atoms with Gasteiger partial charge in [-0.3, -0.25) is 14.7 Å². The van der Waals surface area contributed by atoms with Crippen LogP contribution in [0, 0.1) is 0 Å². The third-order valence-electron chi connectivity index (χ3n) is 2.43. The van der Waals surface area contributed by atoms with Crippen molar-refractivity contribution in [3.8, 4) is 0 Å². The average molecular weight is 238 g/mol. The molecule has 2 rings (SSSR count). The molecule has 0 bridgehead atoms. The lowest BCUT2D eigenvalue weighted by Crippen LogP contribution is -2.37. The zero-order valence-electron chi connectivity index (χ0n) is 8.69. The van der Waals surface area contributed by atoms with Gasteiger partial charge in [0.2, 0.25) is 11.8 Å². The molecule has 1 saturated heterocycles. The molecule has 1 aliphatic heterocycles. The number of carboxylic acid groups (broad SMARTS) is 1. The maximum Gasteiger partial charge on any atom is 0.341 e. The van der Waals surface area contributed by atoms with Crippen LogP contribution in [0.3, 0.4) is 0 Å². The Morgan fingerprint density at radius 3 is 2.88 bits per heavy atom. The largest absolute Gasteiger partial charge is 0.477 e. The van der Waals surface area contributed by atoms with Crippen LogP contribution in [0.15, 0.2) is 6.20 Å². The first-order valence-corrected chi connectivity index (χ1v) is 4.95. The van der Waals surface area contributed by atoms with Crippen molar-refractivity contribution in [1.82, 2.24) is 15.5 Å². The Balaban J connectivity index is 2.05. The molecule has 2 heterocycles. The number of H-pyrrole nitrogens is 1. The van der Waals surface area contributed by atoms with Crippen molar-refractivity contribution in [3.63, 3.8) is 0 Å². The van der Waals surface area contributed by atoms with Crippen molar-refractivity contribution in [1.29, 1.82) is 0 Å². The number of anilines is 1. The SMILES string of the molecule is O=C1CCC(C(=O)Nc2[nH]ncc2C(=O)O)N1. The Hall–Kier alpha value is -2.38. The minimum absolute atomic E-state index is 0.0173. The number of nitrogens with zero attached hydrogens (tertiary/aromatic N) is 1. The Morgan fingerprint density at radius 1 is 1.53 bits per heavy atom. The van der Waals surface area contributed by atoms with Gasteiger partial charge >= 0.3 is 5.97 Å². The number of carbonyl (C=O) groups excluding carboxylic acids is 2. The smallest absolute Gasteiger partial charge is 0.341 e. The fraction of sp³-hybridized carbons (Fsp3) is 0.333. The van der Waals surface area contributed by atoms with Crippen LogP contribution in [0.2, 0.25) is 0 Å². The first-order valence-electron chi connectivity index (χ1n) is 4.95. The molecule has 0 spiro atoms. The maximum absolute atomic E-state index is 11.7. The summed E-state index contributed by atoms with van der Waals surface area (Å²) in [5.41, 5.74) is -0.123. The van der Waals surface area contributed by atoms with E-state index in [1.807, 2.05) is 0 Å². The van der Waals surface area contributed by atoms with E-state index < -0.39 is 17.9 Å². The van der Waals surface area contributed by atoms with Gasteiger partial charge in [0.05, 0.1) is 6.20 Å². The van der Waals surface area contributed by atoms with Crippen molar-refractivity contribution < 1.29 is 19.5 Å². The van der Waals surface area contributed by atoms with Crippen LogP contribution >= 0.6 is 0 Å². The van der Waals surface area contributed by atoms with Crippen LogP contribution in [0.25, 0.3) is 0 Å². The molecular weight excluding hydrogens is 228 g/mol. The van der Waals surface area contributed by atoms with Gasteiger partial charge in [-0.1, -0.05) is 0 Å². The summed E-state index contributed by atoms with van der Waals surface area (Å²) in [7, 11) is 0. The second kappa shape index (κ2) is 4.24. The zero-order chi connectivity index (χ0) is 12.4. The molecule has 0 aliphatic carbocycles. The summed E-state index contributed by atoms with van der Waals surface area (Å²) >= 11 is 0. The number of carboxylic acids is 1. The van der Waals surface area contributed by atoms with Crippen molar-refractivity contribution in [3.05, 3.63) is 11.8 Å². The highest BCUT2D eigenvalue weighted by Crippen LogP contribution is 2.13. The van der Waals surface area contributed by atoms with Gasteiger partial charge in [-0.25, -0.2) is 4.79 Å². The van der Waals surface area contributed by atoms with E-state index in [0.29, 0.717) is 12.8 Å². The molecule has 1 aromatic heterocycles. The number of rotatable bonds is 3. The van der Waals surface area contributed by atoms with E-state index in [1.165, 1.54) is 0 Å². The van der Waals surface area contributed by atoms with Crippen LogP contribution in [-0.2, 0) is 9.59 Å². The predicted molar refractivity (Wildman–Crippen MR) is 55.3 cm³/mol. The van der Waals surface area contributed by atoms with E-state index in [1.54, 1.807) is 0 Å². The third-order valence-corrected chi connectivity index (χ3v) is 2.43. The summed E-state index contributed by atoms with van der Waals surface area (Å²) in [6, 6.07) is -0.618. The molecule has 1 atom stereocenters. The predicted octanol–water partition coefficient (Wildman–Crippen LogP) is -0.675. The highest BCUT2D eigenvalue weighted by molar-refractivity contribution is 6.02. The van der Waals surface area contributed by atoms with E-state index in [-0.39, 0.29) is 17.3 Å². The average Bonchev–Trinajstić information content (AvgIpc) is 2.86. The number of carbonyl (C=O) groups is 3. The minimum atomic E-state index is -1.19. The molecule has 4 N–H and O–H groups in total. The van der Waals surface area contributed by atoms with Crippen molar-refractivity contribution in [2.75, 3.05) is 5.32 Å². The first kappa shape index (κ1) is 11.1. The zero-order valence-corrected chi connectivity index (χ0v) is 8.69. The molecule has 1 unspecified atom stereocenters. The summed E-state index contributed by atoms with van der Waals surface area (Å²) in [6.07, 6.45) is 1.80. The number of nitrogens with one attached hydrogen (secondary N) is 3. The van der Waals surface area contributed by atoms with Crippen LogP contribution in [0.4, 0.5) is 5.82 Å². The fourth-order valence-corrected chi connectivity index (χ4v) is 1.56. The van der Waals surface area contributed by atoms with Gasteiger partial charge in [-0.05, 0) is 6.42 Å². The molecule has 8 heteroatoms. The quantitative estimate of drug-likeness (QED) is 0.555. The lowest BCUT2D eigenvalue weighted by Gasteiger charge is -2.09. The summed E-state index contributed by atoms with van der Waals surface area (Å²) < 4.78 is 0. The monoisotopic (exact) mass is 238 g/mol. The normalized spacial score (nSPS) is 18.8. The highest BCUT2D eigenvalue weighted by Gasteiger charge is 2.28. The van der Waals surface area contributed by atoms with E-state index in [0.717, 1.165) is 6.20 Å². The summed E-state index contributed by atoms with van der Waals surface area (Å²) in [4.78, 5) is 33.4. The molecule has 1 aromatic rings. The topological polar surface area (TPSA) is 124 Å². The number of aromatic carboxylic acids is 1. The Kier molecular flexibility index (Phi) is 2.77. The summed E-state index contributed by atoms with van der Waals surface area (Å²) in [5, 5.41) is 19.6. The van der Waals surface area contributed by atoms with E-state index in [2.05, 4.69) is 20.8 Å². The first-order chi connectivity index (χ1) is 8.08. The number of amides is 2. The van der Waals surface area contributed by atoms with Crippen LogP contribution in [0.5, 0.6) is 0 Å². The summed E-state index contributed by atoms with van der Waals surface area (Å²) in [6.45, 7) is 0. The van der Waals surface area contributed by atoms with Crippen molar-refractivity contribution >= 4 is 23.6 Å². The highest BCUT2D eigenvalue weighted by atomic mass is 16.4. The van der Waals surface area contributed by atoms with Crippen LogP contribution in [-0.4, -0.2) is 39.1 Å². The van der Waals surface area contributed by atoms with Gasteiger partial charge in [0.15, 0.2) is 0 Å². The van der Waals surface area contributed by atoms with Gasteiger partial charge in [0.1, 0.15) is 17.4 Å². The number of aromatic amines is 1. The third kappa shape index (κ3) is 2.25. The van der Waals surface area contributed by atoms with Gasteiger partial charge in [0.25, 0.3) is 0 Å². The van der Waals surface area contributed by atoms with E-state index in [4.69, 9.17) is 5.11 Å². The second-order valence-corrected chi connectivity index (χ2v) is 3.61. The molecule has 1 fully saturated rings. The Bertz CT molecular complexity index is 481. The standard InChI is InChI=1S/C9H10N4O4/c14-6-2-1-5(11-6)8(15)12-7-4(9(16)17)3-10-13-7/h3,5H,1-2H2,(H,11,14)(H,16,17)(H2,10,12,13,15). The van der Waals surface area contributed by atoms with E-state index >= 15 is 0 Å². The Labute approximate surface area is 95.4 Å². The second-order valence-electron chi connectivity index (χ2n) is 3.61. The van der Waals surface area contributed by atoms with Crippen molar-refractivity contribution in [2.45, 2.75) is 18.9 Å². The number of hydrogen-bond donors (Lipinski definition) is 4. The molecular formula is C9H10N4O4. The molecule has 2 amide bonds. The molecule has 0 radical (unpaired) electrons. The van der Waals surface area contributed by atoms with Gasteiger partial charge in [0, 0.05) is 6.42 Å². The molecule has 90 valence electrons. The fourth-order valence-electron chi connectivity index (χ4n) is 1.56. The van der Waals surface area contributed by atoms with E-state index in [9.17, 15) is 14.4 Å². The number of hydrogen-bond acceptors (Lipinski definition) is 4.